The molecule has 1 aliphatic heterocycles. The van der Waals surface area contributed by atoms with Gasteiger partial charge in [0, 0.05) is 45.0 Å². The zero-order chi connectivity index (χ0) is 20.3. The lowest BCUT2D eigenvalue weighted by Gasteiger charge is -2.35. The van der Waals surface area contributed by atoms with Crippen molar-refractivity contribution >= 4 is 38.8 Å². The van der Waals surface area contributed by atoms with Crippen LogP contribution < -0.4 is 9.64 Å². The van der Waals surface area contributed by atoms with Crippen LogP contribution in [0.4, 0.5) is 5.82 Å². The highest BCUT2D eigenvalue weighted by Gasteiger charge is 2.20. The summed E-state index contributed by atoms with van der Waals surface area (Å²) in [6.45, 7) is 7.54. The van der Waals surface area contributed by atoms with E-state index in [9.17, 15) is 0 Å². The topological polar surface area (TPSA) is 80.4 Å². The number of ether oxygens (including phenoxy) is 1. The third-order valence-electron chi connectivity index (χ3n) is 5.10. The molecule has 5 rings (SSSR count). The van der Waals surface area contributed by atoms with Gasteiger partial charge in [0.05, 0.1) is 17.5 Å². The summed E-state index contributed by atoms with van der Waals surface area (Å²) >= 11 is 3.01. The number of rotatable bonds is 7. The largest absolute Gasteiger partial charge is 0.470 e. The summed E-state index contributed by atoms with van der Waals surface area (Å²) in [7, 11) is 0. The Kier molecular flexibility index (Phi) is 5.60. The summed E-state index contributed by atoms with van der Waals surface area (Å²) in [5, 5.41) is 9.76. The third kappa shape index (κ3) is 4.16. The highest BCUT2D eigenvalue weighted by Crippen LogP contribution is 2.30. The Balaban J connectivity index is 1.06. The van der Waals surface area contributed by atoms with Crippen molar-refractivity contribution in [3.8, 4) is 16.0 Å². The van der Waals surface area contributed by atoms with Crippen molar-refractivity contribution < 1.29 is 9.15 Å². The molecule has 3 aromatic heterocycles. The van der Waals surface area contributed by atoms with E-state index in [1.807, 2.05) is 0 Å². The van der Waals surface area contributed by atoms with E-state index in [4.69, 9.17) is 9.15 Å². The summed E-state index contributed by atoms with van der Waals surface area (Å²) in [4.78, 5) is 10.0. The Morgan fingerprint density at radius 1 is 1.13 bits per heavy atom. The Morgan fingerprint density at radius 3 is 2.83 bits per heavy atom. The first-order chi connectivity index (χ1) is 14.8. The summed E-state index contributed by atoms with van der Waals surface area (Å²) < 4.78 is 17.2. The summed E-state index contributed by atoms with van der Waals surface area (Å²) in [6, 6.07) is 8.47. The van der Waals surface area contributed by atoms with Crippen molar-refractivity contribution in [1.82, 2.24) is 24.5 Å². The molecule has 0 N–H and O–H groups in total. The number of aryl methyl sites for hydroxylation is 1. The first-order valence-corrected chi connectivity index (χ1v) is 11.6. The molecule has 0 atom stereocenters. The Labute approximate surface area is 182 Å². The highest BCUT2D eigenvalue weighted by atomic mass is 32.1. The van der Waals surface area contributed by atoms with Crippen molar-refractivity contribution in [3.05, 3.63) is 36.4 Å². The molecule has 1 fully saturated rings. The molecule has 8 nitrogen and oxygen atoms in total. The van der Waals surface area contributed by atoms with Crippen molar-refractivity contribution in [2.75, 3.05) is 44.2 Å². The lowest BCUT2D eigenvalue weighted by molar-refractivity contribution is 0.224. The minimum Gasteiger partial charge on any atom is -0.470 e. The summed E-state index contributed by atoms with van der Waals surface area (Å²) in [6.07, 6.45) is 2.68. The summed E-state index contributed by atoms with van der Waals surface area (Å²) in [5.74, 6) is 2.17. The van der Waals surface area contributed by atoms with Crippen LogP contribution in [0.15, 0.2) is 34.9 Å². The number of nitrogens with zero attached hydrogens (tertiary/aromatic N) is 6. The SMILES string of the molecule is Cc1nnc(-c2cnc(OCCCN3CCN(c4nsc5ccccc45)CC3)s2)o1. The van der Waals surface area contributed by atoms with Gasteiger partial charge in [-0.05, 0) is 30.1 Å². The van der Waals surface area contributed by atoms with E-state index in [0.717, 1.165) is 49.8 Å². The second kappa shape index (κ2) is 8.66. The lowest BCUT2D eigenvalue weighted by atomic mass is 10.2. The van der Waals surface area contributed by atoms with Crippen LogP contribution in [-0.4, -0.2) is 63.8 Å². The van der Waals surface area contributed by atoms with E-state index in [-0.39, 0.29) is 0 Å². The van der Waals surface area contributed by atoms with E-state index in [1.165, 1.54) is 21.4 Å². The Hall–Kier alpha value is -2.56. The van der Waals surface area contributed by atoms with Gasteiger partial charge in [0.2, 0.25) is 5.89 Å². The molecule has 30 heavy (non-hydrogen) atoms. The zero-order valence-corrected chi connectivity index (χ0v) is 18.3. The molecule has 0 bridgehead atoms. The fraction of sp³-hybridized carbons (Fsp3) is 0.400. The van der Waals surface area contributed by atoms with Crippen molar-refractivity contribution in [2.24, 2.45) is 0 Å². The van der Waals surface area contributed by atoms with Crippen LogP contribution in [0.2, 0.25) is 0 Å². The fourth-order valence-electron chi connectivity index (χ4n) is 3.55. The molecular weight excluding hydrogens is 420 g/mol. The van der Waals surface area contributed by atoms with E-state index in [2.05, 4.69) is 53.6 Å². The van der Waals surface area contributed by atoms with Gasteiger partial charge < -0.3 is 14.1 Å². The van der Waals surface area contributed by atoms with Crippen molar-refractivity contribution in [2.45, 2.75) is 13.3 Å². The maximum atomic E-state index is 5.81. The van der Waals surface area contributed by atoms with Crippen LogP contribution in [-0.2, 0) is 0 Å². The highest BCUT2D eigenvalue weighted by molar-refractivity contribution is 7.16. The van der Waals surface area contributed by atoms with Gasteiger partial charge in [-0.25, -0.2) is 4.98 Å². The van der Waals surface area contributed by atoms with Gasteiger partial charge in [0.25, 0.3) is 11.1 Å². The fourth-order valence-corrected chi connectivity index (χ4v) is 5.06. The smallest absolute Gasteiger partial charge is 0.273 e. The predicted octanol–water partition coefficient (Wildman–Crippen LogP) is 3.70. The van der Waals surface area contributed by atoms with Crippen LogP contribution >= 0.6 is 22.9 Å². The lowest BCUT2D eigenvalue weighted by Crippen LogP contribution is -2.47. The second-order valence-corrected chi connectivity index (χ2v) is 8.95. The number of thiazole rings is 1. The second-order valence-electron chi connectivity index (χ2n) is 7.15. The van der Waals surface area contributed by atoms with Crippen LogP contribution in [0.5, 0.6) is 5.19 Å². The first kappa shape index (κ1) is 19.4. The van der Waals surface area contributed by atoms with Crippen molar-refractivity contribution in [1.29, 1.82) is 0 Å². The molecule has 10 heteroatoms. The molecule has 1 aromatic carbocycles. The molecule has 1 saturated heterocycles. The molecule has 4 aromatic rings. The molecule has 0 aliphatic carbocycles. The maximum absolute atomic E-state index is 5.81. The first-order valence-electron chi connectivity index (χ1n) is 9.97. The maximum Gasteiger partial charge on any atom is 0.273 e. The van der Waals surface area contributed by atoms with Gasteiger partial charge in [-0.1, -0.05) is 23.5 Å². The summed E-state index contributed by atoms with van der Waals surface area (Å²) in [5.41, 5.74) is 0. The minimum absolute atomic E-state index is 0.491. The Morgan fingerprint density at radius 2 is 2.00 bits per heavy atom. The van der Waals surface area contributed by atoms with Crippen molar-refractivity contribution in [3.63, 3.8) is 0 Å². The van der Waals surface area contributed by atoms with Crippen LogP contribution in [0.1, 0.15) is 12.3 Å². The van der Waals surface area contributed by atoms with Crippen LogP contribution in [0, 0.1) is 6.92 Å². The predicted molar refractivity (Wildman–Crippen MR) is 119 cm³/mol. The third-order valence-corrected chi connectivity index (χ3v) is 6.81. The molecule has 0 amide bonds. The average Bonchev–Trinajstić information content (AvgIpc) is 3.51. The number of hydrogen-bond acceptors (Lipinski definition) is 10. The molecule has 156 valence electrons. The van der Waals surface area contributed by atoms with Gasteiger partial charge >= 0.3 is 0 Å². The van der Waals surface area contributed by atoms with Gasteiger partial charge in [0.15, 0.2) is 0 Å². The minimum atomic E-state index is 0.491. The van der Waals surface area contributed by atoms with E-state index >= 15 is 0 Å². The molecule has 0 saturated carbocycles. The number of aromatic nitrogens is 4. The number of hydrogen-bond donors (Lipinski definition) is 0. The molecule has 0 radical (unpaired) electrons. The standard InChI is InChI=1S/C20H22N6O2S2/c1-14-22-23-19(28-14)17-13-21-20(29-17)27-12-4-7-25-8-10-26(11-9-25)18-15-5-2-3-6-16(15)30-24-18/h2-3,5-6,13H,4,7-12H2,1H3. The quantitative estimate of drug-likeness (QED) is 0.401. The molecule has 0 unspecified atom stereocenters. The Bertz CT molecular complexity index is 1120. The van der Waals surface area contributed by atoms with Gasteiger partial charge in [0.1, 0.15) is 10.7 Å². The molecule has 1 aliphatic rings. The van der Waals surface area contributed by atoms with Crippen LogP contribution in [0.3, 0.4) is 0 Å². The molecule has 0 spiro atoms. The average molecular weight is 443 g/mol. The monoisotopic (exact) mass is 442 g/mol. The number of benzene rings is 1. The normalized spacial score (nSPS) is 15.2. The zero-order valence-electron chi connectivity index (χ0n) is 16.7. The molecular formula is C20H22N6O2S2. The van der Waals surface area contributed by atoms with Gasteiger partial charge in [-0.2, -0.15) is 4.37 Å². The van der Waals surface area contributed by atoms with E-state index in [1.54, 1.807) is 24.7 Å². The van der Waals surface area contributed by atoms with E-state index in [0.29, 0.717) is 23.6 Å². The number of piperazine rings is 1. The number of anilines is 1. The number of fused-ring (bicyclic) bond motifs is 1. The van der Waals surface area contributed by atoms with Crippen LogP contribution in [0.25, 0.3) is 20.9 Å². The van der Waals surface area contributed by atoms with E-state index < -0.39 is 0 Å². The van der Waals surface area contributed by atoms with Gasteiger partial charge in [-0.3, -0.25) is 4.90 Å². The van der Waals surface area contributed by atoms with Gasteiger partial charge in [-0.15, -0.1) is 10.2 Å². The molecule has 4 heterocycles.